The molecule has 1 atom stereocenters. The maximum absolute atomic E-state index is 12.2. The Morgan fingerprint density at radius 1 is 1.26 bits per heavy atom. The van der Waals surface area contributed by atoms with E-state index in [0.29, 0.717) is 0 Å². The lowest BCUT2D eigenvalue weighted by Gasteiger charge is -2.27. The molecule has 1 fully saturated rings. The first-order valence-corrected chi connectivity index (χ1v) is 7.42. The third-order valence-corrected chi connectivity index (χ3v) is 3.84. The maximum Gasteiger partial charge on any atom is 0.245 e. The molecule has 128 valence electrons. The summed E-state index contributed by atoms with van der Waals surface area (Å²) in [5.74, 6) is -0.00169. The van der Waals surface area contributed by atoms with E-state index in [1.807, 2.05) is 30.4 Å². The van der Waals surface area contributed by atoms with E-state index in [4.69, 9.17) is 4.74 Å². The minimum atomic E-state index is -0.221. The van der Waals surface area contributed by atoms with Crippen molar-refractivity contribution in [2.45, 2.75) is 12.6 Å². The van der Waals surface area contributed by atoms with Gasteiger partial charge in [0.15, 0.2) is 0 Å². The molecule has 0 bridgehead atoms. The number of para-hydroxylation sites is 1. The summed E-state index contributed by atoms with van der Waals surface area (Å²) >= 11 is 0. The molecule has 2 aliphatic heterocycles. The average molecular weight is 360 g/mol. The number of carbonyl (C=O) groups excluding carboxylic acids is 1. The van der Waals surface area contributed by atoms with E-state index in [0.717, 1.165) is 50.6 Å². The van der Waals surface area contributed by atoms with Gasteiger partial charge in [-0.1, -0.05) is 30.4 Å². The summed E-state index contributed by atoms with van der Waals surface area (Å²) in [6.07, 6.45) is 3.88. The first kappa shape index (κ1) is 19.9. The smallest absolute Gasteiger partial charge is 0.245 e. The van der Waals surface area contributed by atoms with E-state index >= 15 is 0 Å². The molecule has 5 nitrogen and oxygen atoms in total. The van der Waals surface area contributed by atoms with E-state index in [1.165, 1.54) is 0 Å². The molecule has 0 aliphatic carbocycles. The fourth-order valence-electron chi connectivity index (χ4n) is 2.64. The standard InChI is InChI=1S/C16H21N3O2.2ClH/c20-16(15-6-3-7-17-15)18-14-5-2-1-4-13(14)12-19-8-10-21-11-9-19;;/h1-6,15,17H,7-12H2,(H,18,20);2*1H. The SMILES string of the molecule is Cl.Cl.O=C(Nc1ccccc1CN1CCOCC1)C1C=CCN1. The summed E-state index contributed by atoms with van der Waals surface area (Å²) in [6.45, 7) is 5.04. The zero-order valence-corrected chi connectivity index (χ0v) is 14.5. The zero-order chi connectivity index (χ0) is 14.5. The number of nitrogens with zero attached hydrogens (tertiary/aromatic N) is 1. The third-order valence-electron chi connectivity index (χ3n) is 3.84. The van der Waals surface area contributed by atoms with Crippen molar-refractivity contribution < 1.29 is 9.53 Å². The Morgan fingerprint density at radius 2 is 2.00 bits per heavy atom. The quantitative estimate of drug-likeness (QED) is 0.805. The third kappa shape index (κ3) is 5.48. The second-order valence-electron chi connectivity index (χ2n) is 5.35. The Hall–Kier alpha value is -1.11. The molecule has 1 saturated heterocycles. The minimum Gasteiger partial charge on any atom is -0.379 e. The molecule has 0 saturated carbocycles. The van der Waals surface area contributed by atoms with Crippen LogP contribution in [0.4, 0.5) is 5.69 Å². The van der Waals surface area contributed by atoms with Crippen LogP contribution in [0.1, 0.15) is 5.56 Å². The second kappa shape index (κ2) is 9.90. The van der Waals surface area contributed by atoms with Crippen molar-refractivity contribution in [1.29, 1.82) is 0 Å². The summed E-state index contributed by atoms with van der Waals surface area (Å²) in [5, 5.41) is 6.16. The van der Waals surface area contributed by atoms with Gasteiger partial charge in [-0.25, -0.2) is 0 Å². The normalized spacial score (nSPS) is 20.4. The van der Waals surface area contributed by atoms with Gasteiger partial charge in [0.25, 0.3) is 0 Å². The molecule has 3 rings (SSSR count). The van der Waals surface area contributed by atoms with Gasteiger partial charge in [-0.15, -0.1) is 24.8 Å². The molecule has 23 heavy (non-hydrogen) atoms. The van der Waals surface area contributed by atoms with Crippen LogP contribution >= 0.6 is 24.8 Å². The molecule has 2 N–H and O–H groups in total. The molecular formula is C16H23Cl2N3O2. The fourth-order valence-corrected chi connectivity index (χ4v) is 2.64. The molecule has 2 aliphatic rings. The highest BCUT2D eigenvalue weighted by molar-refractivity contribution is 5.97. The summed E-state index contributed by atoms with van der Waals surface area (Å²) in [6, 6.07) is 7.78. The predicted octanol–water partition coefficient (Wildman–Crippen LogP) is 1.83. The summed E-state index contributed by atoms with van der Waals surface area (Å²) < 4.78 is 5.37. The molecule has 0 radical (unpaired) electrons. The van der Waals surface area contributed by atoms with Crippen molar-refractivity contribution in [3.05, 3.63) is 42.0 Å². The molecule has 0 aromatic heterocycles. The fraction of sp³-hybridized carbons (Fsp3) is 0.438. The van der Waals surface area contributed by atoms with E-state index in [2.05, 4.69) is 21.6 Å². The number of halogens is 2. The number of anilines is 1. The number of hydrogen-bond donors (Lipinski definition) is 2. The van der Waals surface area contributed by atoms with E-state index in [-0.39, 0.29) is 36.8 Å². The van der Waals surface area contributed by atoms with Crippen LogP contribution < -0.4 is 10.6 Å². The first-order chi connectivity index (χ1) is 10.3. The van der Waals surface area contributed by atoms with Gasteiger partial charge in [0.1, 0.15) is 6.04 Å². The van der Waals surface area contributed by atoms with Crippen molar-refractivity contribution in [1.82, 2.24) is 10.2 Å². The number of amides is 1. The van der Waals surface area contributed by atoms with Crippen molar-refractivity contribution >= 4 is 36.4 Å². The van der Waals surface area contributed by atoms with Gasteiger partial charge < -0.3 is 10.1 Å². The maximum atomic E-state index is 12.2. The van der Waals surface area contributed by atoms with Crippen molar-refractivity contribution in [3.63, 3.8) is 0 Å². The largest absolute Gasteiger partial charge is 0.379 e. The van der Waals surface area contributed by atoms with Crippen LogP contribution in [0.25, 0.3) is 0 Å². The molecule has 2 heterocycles. The Bertz CT molecular complexity index is 534. The van der Waals surface area contributed by atoms with E-state index < -0.39 is 0 Å². The van der Waals surface area contributed by atoms with Crippen molar-refractivity contribution in [2.24, 2.45) is 0 Å². The monoisotopic (exact) mass is 359 g/mol. The number of morpholine rings is 1. The van der Waals surface area contributed by atoms with Gasteiger partial charge in [0.2, 0.25) is 5.91 Å². The first-order valence-electron chi connectivity index (χ1n) is 7.42. The zero-order valence-electron chi connectivity index (χ0n) is 12.9. The van der Waals surface area contributed by atoms with Gasteiger partial charge >= 0.3 is 0 Å². The molecule has 1 aromatic carbocycles. The Morgan fingerprint density at radius 3 is 2.70 bits per heavy atom. The Kier molecular flexibility index (Phi) is 8.58. The lowest BCUT2D eigenvalue weighted by atomic mass is 10.1. The number of benzene rings is 1. The average Bonchev–Trinajstić information content (AvgIpc) is 3.05. The van der Waals surface area contributed by atoms with Gasteiger partial charge in [0, 0.05) is 31.9 Å². The van der Waals surface area contributed by atoms with Crippen LogP contribution in [-0.4, -0.2) is 49.7 Å². The number of rotatable bonds is 4. The second-order valence-corrected chi connectivity index (χ2v) is 5.35. The van der Waals surface area contributed by atoms with Gasteiger partial charge in [-0.3, -0.25) is 15.0 Å². The van der Waals surface area contributed by atoms with E-state index in [1.54, 1.807) is 0 Å². The highest BCUT2D eigenvalue weighted by atomic mass is 35.5. The lowest BCUT2D eigenvalue weighted by Crippen LogP contribution is -2.37. The Balaban J connectivity index is 0.00000132. The highest BCUT2D eigenvalue weighted by Crippen LogP contribution is 2.18. The van der Waals surface area contributed by atoms with Gasteiger partial charge in [-0.05, 0) is 11.6 Å². The molecule has 1 aromatic rings. The number of hydrogen-bond acceptors (Lipinski definition) is 4. The van der Waals surface area contributed by atoms with Crippen molar-refractivity contribution in [3.8, 4) is 0 Å². The van der Waals surface area contributed by atoms with E-state index in [9.17, 15) is 4.79 Å². The summed E-state index contributed by atoms with van der Waals surface area (Å²) in [7, 11) is 0. The molecule has 1 amide bonds. The lowest BCUT2D eigenvalue weighted by molar-refractivity contribution is -0.116. The highest BCUT2D eigenvalue weighted by Gasteiger charge is 2.19. The molecule has 7 heteroatoms. The summed E-state index contributed by atoms with van der Waals surface area (Å²) in [4.78, 5) is 14.6. The predicted molar refractivity (Wildman–Crippen MR) is 96.6 cm³/mol. The van der Waals surface area contributed by atoms with Gasteiger partial charge in [0.05, 0.1) is 13.2 Å². The molecule has 0 spiro atoms. The van der Waals surface area contributed by atoms with Crippen LogP contribution in [0.2, 0.25) is 0 Å². The van der Waals surface area contributed by atoms with Crippen LogP contribution in [0, 0.1) is 0 Å². The Labute approximate surface area is 149 Å². The molecular weight excluding hydrogens is 337 g/mol. The van der Waals surface area contributed by atoms with Gasteiger partial charge in [-0.2, -0.15) is 0 Å². The van der Waals surface area contributed by atoms with Crippen LogP contribution in [0.5, 0.6) is 0 Å². The van der Waals surface area contributed by atoms with Crippen molar-refractivity contribution in [2.75, 3.05) is 38.2 Å². The minimum absolute atomic E-state index is 0. The topological polar surface area (TPSA) is 53.6 Å². The number of carbonyl (C=O) groups is 1. The summed E-state index contributed by atoms with van der Waals surface area (Å²) in [5.41, 5.74) is 2.05. The van der Waals surface area contributed by atoms with Crippen LogP contribution in [0.15, 0.2) is 36.4 Å². The number of ether oxygens (including phenoxy) is 1. The molecule has 1 unspecified atom stereocenters. The van der Waals surface area contributed by atoms with Crippen LogP contribution in [0.3, 0.4) is 0 Å². The number of nitrogens with one attached hydrogen (secondary N) is 2. The van der Waals surface area contributed by atoms with Crippen LogP contribution in [-0.2, 0) is 16.1 Å².